The number of aliphatic hydroxyl groups excluding tert-OH is 1. The molecule has 6 rings (SSSR count). The zero-order valence-electron chi connectivity index (χ0n) is 21.2. The number of nitrogens with zero attached hydrogens (tertiary/aromatic N) is 2. The summed E-state index contributed by atoms with van der Waals surface area (Å²) in [5, 5.41) is 11.0. The molecule has 0 spiro atoms. The van der Waals surface area contributed by atoms with Gasteiger partial charge < -0.3 is 19.7 Å². The van der Waals surface area contributed by atoms with Crippen LogP contribution in [0.2, 0.25) is 0 Å². The molecule has 1 saturated carbocycles. The quantitative estimate of drug-likeness (QED) is 0.409. The van der Waals surface area contributed by atoms with Gasteiger partial charge in [-0.25, -0.2) is 4.98 Å². The first-order valence-electron chi connectivity index (χ1n) is 12.9. The van der Waals surface area contributed by atoms with Gasteiger partial charge in [0.2, 0.25) is 0 Å². The highest BCUT2D eigenvalue weighted by molar-refractivity contribution is 5.83. The van der Waals surface area contributed by atoms with Crippen molar-refractivity contribution in [3.63, 3.8) is 0 Å². The zero-order valence-corrected chi connectivity index (χ0v) is 21.2. The van der Waals surface area contributed by atoms with E-state index in [1.165, 1.54) is 0 Å². The van der Waals surface area contributed by atoms with Gasteiger partial charge in [0.1, 0.15) is 11.6 Å². The van der Waals surface area contributed by atoms with E-state index < -0.39 is 12.0 Å². The lowest BCUT2D eigenvalue weighted by atomic mass is 9.94. The fourth-order valence-corrected chi connectivity index (χ4v) is 5.39. The van der Waals surface area contributed by atoms with Gasteiger partial charge in [0.15, 0.2) is 6.10 Å². The molecule has 1 fully saturated rings. The smallest absolute Gasteiger partial charge is 0.256 e. The number of hydrogen-bond acceptors (Lipinski definition) is 5. The first-order chi connectivity index (χ1) is 18.5. The minimum Gasteiger partial charge on any atom is -0.497 e. The Morgan fingerprint density at radius 1 is 1.03 bits per heavy atom. The summed E-state index contributed by atoms with van der Waals surface area (Å²) in [7, 11) is 1.61. The SMILES string of the molecule is COc1cccc(-c2cccc(C(O)C(=O)N3CCc4nc(C5(c6ccccc6)CC5)[nH]c(=O)c4C3)c2)c1. The Balaban J connectivity index is 1.22. The van der Waals surface area contributed by atoms with Crippen LogP contribution < -0.4 is 10.3 Å². The molecule has 2 heterocycles. The van der Waals surface area contributed by atoms with E-state index in [1.807, 2.05) is 60.7 Å². The highest BCUT2D eigenvalue weighted by Crippen LogP contribution is 2.52. The molecule has 7 heteroatoms. The Morgan fingerprint density at radius 3 is 2.50 bits per heavy atom. The maximum absolute atomic E-state index is 13.3. The van der Waals surface area contributed by atoms with Crippen molar-refractivity contribution < 1.29 is 14.6 Å². The van der Waals surface area contributed by atoms with Crippen molar-refractivity contribution in [2.24, 2.45) is 0 Å². The Morgan fingerprint density at radius 2 is 1.76 bits per heavy atom. The Labute approximate surface area is 220 Å². The molecule has 0 bridgehead atoms. The summed E-state index contributed by atoms with van der Waals surface area (Å²) in [5.74, 6) is 1.02. The van der Waals surface area contributed by atoms with Gasteiger partial charge in [-0.15, -0.1) is 0 Å². The minimum atomic E-state index is -1.33. The second-order valence-electron chi connectivity index (χ2n) is 10.1. The topological polar surface area (TPSA) is 95.5 Å². The number of aromatic amines is 1. The minimum absolute atomic E-state index is 0.127. The van der Waals surface area contributed by atoms with Gasteiger partial charge in [0.25, 0.3) is 11.5 Å². The van der Waals surface area contributed by atoms with E-state index in [0.29, 0.717) is 29.9 Å². The zero-order chi connectivity index (χ0) is 26.3. The fraction of sp³-hybridized carbons (Fsp3) is 0.258. The van der Waals surface area contributed by atoms with Crippen molar-refractivity contribution in [1.82, 2.24) is 14.9 Å². The van der Waals surface area contributed by atoms with Crippen LogP contribution in [0.25, 0.3) is 11.1 Å². The lowest BCUT2D eigenvalue weighted by Gasteiger charge is -2.30. The summed E-state index contributed by atoms with van der Waals surface area (Å²) in [4.78, 5) is 35.9. The van der Waals surface area contributed by atoms with Gasteiger partial charge in [-0.2, -0.15) is 0 Å². The van der Waals surface area contributed by atoms with Crippen LogP contribution in [0.3, 0.4) is 0 Å². The van der Waals surface area contributed by atoms with Crippen molar-refractivity contribution in [2.75, 3.05) is 13.7 Å². The number of fused-ring (bicyclic) bond motifs is 1. The number of hydrogen-bond donors (Lipinski definition) is 2. The third-order valence-electron chi connectivity index (χ3n) is 7.75. The van der Waals surface area contributed by atoms with E-state index in [4.69, 9.17) is 9.72 Å². The average Bonchev–Trinajstić information content (AvgIpc) is 3.79. The fourth-order valence-electron chi connectivity index (χ4n) is 5.39. The molecule has 1 aromatic heterocycles. The van der Waals surface area contributed by atoms with E-state index in [0.717, 1.165) is 41.0 Å². The molecule has 1 amide bonds. The summed E-state index contributed by atoms with van der Waals surface area (Å²) < 4.78 is 5.32. The molecule has 1 unspecified atom stereocenters. The maximum Gasteiger partial charge on any atom is 0.256 e. The normalized spacial score (nSPS) is 16.4. The van der Waals surface area contributed by atoms with Crippen molar-refractivity contribution in [3.05, 3.63) is 117 Å². The molecule has 4 aromatic rings. The van der Waals surface area contributed by atoms with Crippen LogP contribution >= 0.6 is 0 Å². The second kappa shape index (κ2) is 9.58. The lowest BCUT2D eigenvalue weighted by Crippen LogP contribution is -2.42. The molecule has 7 nitrogen and oxygen atoms in total. The molecular formula is C31H29N3O4. The molecule has 0 saturated heterocycles. The highest BCUT2D eigenvalue weighted by Gasteiger charge is 2.48. The summed E-state index contributed by atoms with van der Waals surface area (Å²) in [6, 6.07) is 25.1. The number of aromatic nitrogens is 2. The largest absolute Gasteiger partial charge is 0.497 e. The highest BCUT2D eigenvalue weighted by atomic mass is 16.5. The van der Waals surface area contributed by atoms with E-state index in [1.54, 1.807) is 18.1 Å². The third kappa shape index (κ3) is 4.29. The summed E-state index contributed by atoms with van der Waals surface area (Å²) in [5.41, 5.74) is 4.26. The molecule has 1 aliphatic heterocycles. The van der Waals surface area contributed by atoms with Crippen LogP contribution in [0, 0.1) is 0 Å². The first kappa shape index (κ1) is 24.1. The summed E-state index contributed by atoms with van der Waals surface area (Å²) in [6.45, 7) is 0.522. The molecule has 3 aromatic carbocycles. The van der Waals surface area contributed by atoms with Gasteiger partial charge in [-0.1, -0.05) is 60.7 Å². The van der Waals surface area contributed by atoms with Crippen LogP contribution in [-0.4, -0.2) is 39.5 Å². The second-order valence-corrected chi connectivity index (χ2v) is 10.1. The van der Waals surface area contributed by atoms with E-state index >= 15 is 0 Å². The predicted molar refractivity (Wildman–Crippen MR) is 144 cm³/mol. The van der Waals surface area contributed by atoms with Crippen molar-refractivity contribution in [2.45, 2.75) is 37.3 Å². The van der Waals surface area contributed by atoms with Gasteiger partial charge in [0.05, 0.1) is 30.3 Å². The van der Waals surface area contributed by atoms with Gasteiger partial charge >= 0.3 is 0 Å². The summed E-state index contributed by atoms with van der Waals surface area (Å²) >= 11 is 0. The third-order valence-corrected chi connectivity index (χ3v) is 7.75. The number of rotatable bonds is 6. The molecule has 192 valence electrons. The van der Waals surface area contributed by atoms with Crippen molar-refractivity contribution in [1.29, 1.82) is 0 Å². The Bertz CT molecular complexity index is 1560. The molecule has 2 N–H and O–H groups in total. The summed E-state index contributed by atoms with van der Waals surface area (Å²) in [6.07, 6.45) is 1.04. The van der Waals surface area contributed by atoms with Crippen LogP contribution in [-0.2, 0) is 23.2 Å². The molecule has 38 heavy (non-hydrogen) atoms. The van der Waals surface area contributed by atoms with Gasteiger partial charge in [0, 0.05) is 13.0 Å². The number of carbonyl (C=O) groups is 1. The lowest BCUT2D eigenvalue weighted by molar-refractivity contribution is -0.141. The Hall–Kier alpha value is -4.23. The molecular weight excluding hydrogens is 478 g/mol. The van der Waals surface area contributed by atoms with Crippen LogP contribution in [0.1, 0.15) is 47.2 Å². The van der Waals surface area contributed by atoms with E-state index in [9.17, 15) is 14.7 Å². The Kier molecular flexibility index (Phi) is 6.08. The number of aliphatic hydroxyl groups is 1. The number of amides is 1. The van der Waals surface area contributed by atoms with E-state index in [-0.39, 0.29) is 17.5 Å². The average molecular weight is 508 g/mol. The molecule has 1 atom stereocenters. The van der Waals surface area contributed by atoms with Crippen LogP contribution in [0.15, 0.2) is 83.7 Å². The number of carbonyl (C=O) groups excluding carboxylic acids is 1. The van der Waals surface area contributed by atoms with E-state index in [2.05, 4.69) is 17.1 Å². The standard InChI is InChI=1S/C31H29N3O4/c1-38-24-12-6-8-21(18-24)20-7-5-9-22(17-20)27(35)29(37)34-16-13-26-25(19-34)28(36)33-30(32-26)31(14-15-31)23-10-3-2-4-11-23/h2-12,17-18,27,35H,13-16,19H2,1H3,(H,32,33,36). The first-order valence-corrected chi connectivity index (χ1v) is 12.9. The van der Waals surface area contributed by atoms with Crippen LogP contribution in [0.5, 0.6) is 5.75 Å². The van der Waals surface area contributed by atoms with Crippen LogP contribution in [0.4, 0.5) is 0 Å². The maximum atomic E-state index is 13.3. The van der Waals surface area contributed by atoms with Crippen molar-refractivity contribution >= 4 is 5.91 Å². The number of H-pyrrole nitrogens is 1. The van der Waals surface area contributed by atoms with Gasteiger partial charge in [-0.3, -0.25) is 9.59 Å². The number of nitrogens with one attached hydrogen (secondary N) is 1. The number of benzene rings is 3. The number of ether oxygens (including phenoxy) is 1. The monoisotopic (exact) mass is 507 g/mol. The predicted octanol–water partition coefficient (Wildman–Crippen LogP) is 4.14. The van der Waals surface area contributed by atoms with Gasteiger partial charge in [-0.05, 0) is 53.3 Å². The molecule has 1 aliphatic carbocycles. The molecule has 2 aliphatic rings. The molecule has 0 radical (unpaired) electrons. The number of methoxy groups -OCH3 is 1. The van der Waals surface area contributed by atoms with Crippen molar-refractivity contribution in [3.8, 4) is 16.9 Å².